The quantitative estimate of drug-likeness (QED) is 0.392. The fraction of sp³-hybridized carbons (Fsp3) is 0.400. The molecule has 0 fully saturated rings. The molecule has 29 heavy (non-hydrogen) atoms. The van der Waals surface area contributed by atoms with E-state index in [2.05, 4.69) is 15.3 Å². The Morgan fingerprint density at radius 2 is 1.97 bits per heavy atom. The van der Waals surface area contributed by atoms with E-state index in [1.807, 2.05) is 20.8 Å². The number of nitrogens with one attached hydrogen (secondary N) is 1. The largest absolute Gasteiger partial charge is 0.496 e. The maximum Gasteiger partial charge on any atom is 0.306 e. The predicted molar refractivity (Wildman–Crippen MR) is 106 cm³/mol. The summed E-state index contributed by atoms with van der Waals surface area (Å²) in [5.41, 5.74) is 5.44. The van der Waals surface area contributed by atoms with Crippen LogP contribution in [-0.4, -0.2) is 41.0 Å². The van der Waals surface area contributed by atoms with Crippen LogP contribution >= 0.6 is 0 Å². The first-order valence-electron chi connectivity index (χ1n) is 9.07. The maximum atomic E-state index is 13.5. The zero-order chi connectivity index (χ0) is 21.6. The molecule has 9 heteroatoms. The molecular weight excluding hydrogens is 379 g/mol. The Morgan fingerprint density at radius 3 is 2.59 bits per heavy atom. The number of ether oxygens (including phenoxy) is 2. The summed E-state index contributed by atoms with van der Waals surface area (Å²) in [4.78, 5) is 32.5. The highest BCUT2D eigenvalue weighted by molar-refractivity contribution is 6.13. The van der Waals surface area contributed by atoms with Crippen molar-refractivity contribution >= 4 is 23.5 Å². The third-order valence-corrected chi connectivity index (χ3v) is 3.73. The van der Waals surface area contributed by atoms with Gasteiger partial charge < -0.3 is 20.5 Å². The molecule has 2 rings (SSSR count). The Labute approximate surface area is 168 Å². The smallest absolute Gasteiger partial charge is 0.306 e. The lowest BCUT2D eigenvalue weighted by Gasteiger charge is -2.19. The molecule has 0 aliphatic rings. The maximum absolute atomic E-state index is 13.5. The second-order valence-corrected chi connectivity index (χ2v) is 7.28. The van der Waals surface area contributed by atoms with E-state index >= 15 is 0 Å². The van der Waals surface area contributed by atoms with Crippen LogP contribution in [0.4, 0.5) is 16.2 Å². The van der Waals surface area contributed by atoms with Crippen molar-refractivity contribution in [1.29, 1.82) is 0 Å². The van der Waals surface area contributed by atoms with Crippen molar-refractivity contribution in [2.75, 3.05) is 24.7 Å². The number of carbonyl (C=O) groups excluding carboxylic acids is 2. The van der Waals surface area contributed by atoms with Gasteiger partial charge in [0.05, 0.1) is 18.2 Å². The third-order valence-electron chi connectivity index (χ3n) is 3.73. The number of halogens is 1. The number of nitrogens with two attached hydrogens (primary N) is 1. The predicted octanol–water partition coefficient (Wildman–Crippen LogP) is 2.97. The molecule has 0 spiro atoms. The Balaban J connectivity index is 1.99. The summed E-state index contributed by atoms with van der Waals surface area (Å²) in [6.45, 7) is 5.84. The van der Waals surface area contributed by atoms with Crippen molar-refractivity contribution in [3.8, 4) is 5.75 Å². The van der Waals surface area contributed by atoms with E-state index in [4.69, 9.17) is 15.2 Å². The molecule has 0 bridgehead atoms. The van der Waals surface area contributed by atoms with Crippen LogP contribution in [0.5, 0.6) is 5.75 Å². The summed E-state index contributed by atoms with van der Waals surface area (Å²) < 4.78 is 23.9. The van der Waals surface area contributed by atoms with Gasteiger partial charge in [0.2, 0.25) is 11.7 Å². The van der Waals surface area contributed by atoms with Crippen LogP contribution in [0, 0.1) is 5.82 Å². The second-order valence-electron chi connectivity index (χ2n) is 7.28. The number of nitrogens with zero attached hydrogens (tertiary/aromatic N) is 2. The number of hydrogen-bond donors (Lipinski definition) is 2. The minimum absolute atomic E-state index is 0.0286. The average molecular weight is 404 g/mol. The van der Waals surface area contributed by atoms with Gasteiger partial charge in [-0.2, -0.15) is 4.98 Å². The average Bonchev–Trinajstić information content (AvgIpc) is 2.63. The fourth-order valence-corrected chi connectivity index (χ4v) is 2.48. The van der Waals surface area contributed by atoms with Crippen LogP contribution in [0.2, 0.25) is 0 Å². The van der Waals surface area contributed by atoms with Gasteiger partial charge in [-0.3, -0.25) is 9.59 Å². The molecule has 2 aromatic rings. The minimum atomic E-state index is -0.572. The van der Waals surface area contributed by atoms with Crippen molar-refractivity contribution in [2.24, 2.45) is 0 Å². The highest BCUT2D eigenvalue weighted by Gasteiger charge is 2.20. The van der Waals surface area contributed by atoms with E-state index in [9.17, 15) is 14.0 Å². The standard InChI is InChI=1S/C20H25FN4O4/c1-20(2,3)29-16(26)6-5-9-23-19-24-11-14(18(22)25-19)17(27)13-10-12(21)7-8-15(13)28-4/h7-8,10-11H,5-6,9H2,1-4H3,(H3,22,23,24,25). The van der Waals surface area contributed by atoms with Gasteiger partial charge in [0.25, 0.3) is 0 Å². The number of nitrogen functional groups attached to an aromatic ring is 1. The Kier molecular flexibility index (Phi) is 7.08. The van der Waals surface area contributed by atoms with Crippen LogP contribution in [0.25, 0.3) is 0 Å². The van der Waals surface area contributed by atoms with Crippen LogP contribution in [0.1, 0.15) is 49.5 Å². The molecule has 1 aromatic carbocycles. The lowest BCUT2D eigenvalue weighted by atomic mass is 10.0. The van der Waals surface area contributed by atoms with E-state index < -0.39 is 17.2 Å². The van der Waals surface area contributed by atoms with Crippen molar-refractivity contribution in [3.05, 3.63) is 41.3 Å². The highest BCUT2D eigenvalue weighted by Crippen LogP contribution is 2.24. The number of rotatable bonds is 8. The first-order valence-corrected chi connectivity index (χ1v) is 9.07. The zero-order valence-corrected chi connectivity index (χ0v) is 16.9. The van der Waals surface area contributed by atoms with Gasteiger partial charge in [-0.05, 0) is 45.4 Å². The summed E-state index contributed by atoms with van der Waals surface area (Å²) in [7, 11) is 1.38. The molecule has 0 aliphatic heterocycles. The van der Waals surface area contributed by atoms with Gasteiger partial charge >= 0.3 is 5.97 Å². The number of hydrogen-bond acceptors (Lipinski definition) is 8. The van der Waals surface area contributed by atoms with Crippen molar-refractivity contribution < 1.29 is 23.5 Å². The van der Waals surface area contributed by atoms with Gasteiger partial charge in [0.15, 0.2) is 0 Å². The molecule has 1 aromatic heterocycles. The first-order chi connectivity index (χ1) is 13.6. The highest BCUT2D eigenvalue weighted by atomic mass is 19.1. The van der Waals surface area contributed by atoms with Crippen LogP contribution < -0.4 is 15.8 Å². The number of anilines is 2. The van der Waals surface area contributed by atoms with Crippen LogP contribution in [-0.2, 0) is 9.53 Å². The summed E-state index contributed by atoms with van der Waals surface area (Å²) in [6, 6.07) is 3.63. The van der Waals surface area contributed by atoms with Gasteiger partial charge in [-0.15, -0.1) is 0 Å². The lowest BCUT2D eigenvalue weighted by molar-refractivity contribution is -0.154. The molecular formula is C20H25FN4O4. The molecule has 0 radical (unpaired) electrons. The molecule has 0 saturated carbocycles. The summed E-state index contributed by atoms with van der Waals surface area (Å²) in [5, 5.41) is 2.94. The fourth-order valence-electron chi connectivity index (χ4n) is 2.48. The topological polar surface area (TPSA) is 116 Å². The number of aromatic nitrogens is 2. The third kappa shape index (κ3) is 6.41. The Hall–Kier alpha value is -3.23. The molecule has 0 saturated heterocycles. The zero-order valence-electron chi connectivity index (χ0n) is 16.9. The van der Waals surface area contributed by atoms with Gasteiger partial charge in [0, 0.05) is 19.2 Å². The molecule has 0 unspecified atom stereocenters. The summed E-state index contributed by atoms with van der Waals surface area (Å²) in [6.07, 6.45) is 2.03. The van der Waals surface area contributed by atoms with E-state index in [1.54, 1.807) is 0 Å². The van der Waals surface area contributed by atoms with Crippen LogP contribution in [0.3, 0.4) is 0 Å². The van der Waals surface area contributed by atoms with E-state index in [-0.39, 0.29) is 41.0 Å². The van der Waals surface area contributed by atoms with Crippen molar-refractivity contribution in [1.82, 2.24) is 9.97 Å². The molecule has 0 aliphatic carbocycles. The van der Waals surface area contributed by atoms with Gasteiger partial charge in [-0.1, -0.05) is 0 Å². The molecule has 156 valence electrons. The Morgan fingerprint density at radius 1 is 1.24 bits per heavy atom. The normalized spacial score (nSPS) is 11.1. The van der Waals surface area contributed by atoms with E-state index in [0.717, 1.165) is 6.07 Å². The monoisotopic (exact) mass is 404 g/mol. The number of benzene rings is 1. The number of methoxy groups -OCH3 is 1. The van der Waals surface area contributed by atoms with Crippen molar-refractivity contribution in [2.45, 2.75) is 39.2 Å². The number of ketones is 1. The van der Waals surface area contributed by atoms with E-state index in [0.29, 0.717) is 13.0 Å². The second kappa shape index (κ2) is 9.31. The van der Waals surface area contributed by atoms with Gasteiger partial charge in [-0.25, -0.2) is 9.37 Å². The van der Waals surface area contributed by atoms with E-state index in [1.165, 1.54) is 25.4 Å². The number of esters is 1. The summed E-state index contributed by atoms with van der Waals surface area (Å²) >= 11 is 0. The Bertz CT molecular complexity index is 897. The molecule has 0 atom stereocenters. The first kappa shape index (κ1) is 22.1. The van der Waals surface area contributed by atoms with Crippen LogP contribution in [0.15, 0.2) is 24.4 Å². The van der Waals surface area contributed by atoms with Crippen molar-refractivity contribution in [3.63, 3.8) is 0 Å². The summed E-state index contributed by atoms with van der Waals surface area (Å²) in [5.74, 6) is -1.02. The molecule has 8 nitrogen and oxygen atoms in total. The minimum Gasteiger partial charge on any atom is -0.496 e. The van der Waals surface area contributed by atoms with Gasteiger partial charge in [0.1, 0.15) is 23.0 Å². The molecule has 3 N–H and O–H groups in total. The lowest BCUT2D eigenvalue weighted by Crippen LogP contribution is -2.24. The molecule has 0 amide bonds. The SMILES string of the molecule is COc1ccc(F)cc1C(=O)c1cnc(NCCCC(=O)OC(C)(C)C)nc1N. The molecule has 1 heterocycles. The number of carbonyl (C=O) groups is 2.